The largest absolute Gasteiger partial charge is 0.342 e. The number of amides is 1. The van der Waals surface area contributed by atoms with Crippen LogP contribution in [-0.2, 0) is 4.79 Å². The summed E-state index contributed by atoms with van der Waals surface area (Å²) in [6, 6.07) is -0.0442. The van der Waals surface area contributed by atoms with Crippen molar-refractivity contribution in [3.8, 4) is 0 Å². The van der Waals surface area contributed by atoms with Gasteiger partial charge in [-0.2, -0.15) is 0 Å². The Hall–Kier alpha value is -0.570. The Labute approximate surface area is 99.4 Å². The Kier molecular flexibility index (Phi) is 4.36. The predicted molar refractivity (Wildman–Crippen MR) is 67.0 cm³/mol. The maximum Gasteiger partial charge on any atom is 0.224 e. The average molecular weight is 226 g/mol. The van der Waals surface area contributed by atoms with Crippen molar-refractivity contribution in [1.82, 2.24) is 4.90 Å². The molecule has 0 aliphatic carbocycles. The van der Waals surface area contributed by atoms with Gasteiger partial charge >= 0.3 is 0 Å². The van der Waals surface area contributed by atoms with Gasteiger partial charge in [0.2, 0.25) is 5.91 Å². The summed E-state index contributed by atoms with van der Waals surface area (Å²) in [7, 11) is 0. The number of hydrogen-bond donors (Lipinski definition) is 1. The minimum Gasteiger partial charge on any atom is -0.342 e. The second kappa shape index (κ2) is 5.17. The lowest BCUT2D eigenvalue weighted by Gasteiger charge is -2.33. The van der Waals surface area contributed by atoms with E-state index >= 15 is 0 Å². The molecule has 16 heavy (non-hydrogen) atoms. The number of hydrogen-bond acceptors (Lipinski definition) is 2. The number of carbonyl (C=O) groups is 1. The lowest BCUT2D eigenvalue weighted by Crippen LogP contribution is -2.44. The van der Waals surface area contributed by atoms with Gasteiger partial charge in [-0.05, 0) is 24.2 Å². The van der Waals surface area contributed by atoms with Gasteiger partial charge in [-0.25, -0.2) is 0 Å². The van der Waals surface area contributed by atoms with Gasteiger partial charge in [-0.15, -0.1) is 0 Å². The van der Waals surface area contributed by atoms with Crippen molar-refractivity contribution in [2.75, 3.05) is 13.1 Å². The highest BCUT2D eigenvalue weighted by Gasteiger charge is 2.27. The highest BCUT2D eigenvalue weighted by molar-refractivity contribution is 5.77. The van der Waals surface area contributed by atoms with E-state index < -0.39 is 0 Å². The summed E-state index contributed by atoms with van der Waals surface area (Å²) in [5, 5.41) is 0. The van der Waals surface area contributed by atoms with E-state index in [1.807, 2.05) is 4.90 Å². The summed E-state index contributed by atoms with van der Waals surface area (Å²) in [4.78, 5) is 14.0. The normalized spacial score (nSPS) is 24.3. The zero-order valence-electron chi connectivity index (χ0n) is 11.1. The number of rotatable bonds is 2. The van der Waals surface area contributed by atoms with Gasteiger partial charge in [0.15, 0.2) is 0 Å². The molecule has 1 amide bonds. The van der Waals surface area contributed by atoms with Crippen LogP contribution in [0.25, 0.3) is 0 Å². The molecule has 3 heteroatoms. The van der Waals surface area contributed by atoms with Crippen LogP contribution >= 0.6 is 0 Å². The summed E-state index contributed by atoms with van der Waals surface area (Å²) in [6.07, 6.45) is 2.86. The Morgan fingerprint density at radius 1 is 1.50 bits per heavy atom. The van der Waals surface area contributed by atoms with E-state index in [-0.39, 0.29) is 17.4 Å². The molecule has 3 nitrogen and oxygen atoms in total. The quantitative estimate of drug-likeness (QED) is 0.783. The van der Waals surface area contributed by atoms with Crippen molar-refractivity contribution in [2.24, 2.45) is 17.1 Å². The third kappa shape index (κ3) is 3.78. The van der Waals surface area contributed by atoms with Crippen molar-refractivity contribution in [3.05, 3.63) is 0 Å². The second-order valence-corrected chi connectivity index (χ2v) is 6.26. The molecule has 0 spiro atoms. The minimum atomic E-state index is -0.0442. The molecule has 0 aromatic carbocycles. The maximum absolute atomic E-state index is 12.0. The lowest BCUT2D eigenvalue weighted by atomic mass is 9.85. The average Bonchev–Trinajstić information content (AvgIpc) is 2.16. The highest BCUT2D eigenvalue weighted by atomic mass is 16.2. The van der Waals surface area contributed by atoms with Crippen LogP contribution in [0.1, 0.15) is 47.0 Å². The van der Waals surface area contributed by atoms with Gasteiger partial charge in [-0.3, -0.25) is 4.79 Å². The zero-order chi connectivity index (χ0) is 12.3. The summed E-state index contributed by atoms with van der Waals surface area (Å²) in [5.74, 6) is 0.873. The molecular formula is C13H26N2O. The van der Waals surface area contributed by atoms with Gasteiger partial charge in [0, 0.05) is 25.6 Å². The predicted octanol–water partition coefficient (Wildman–Crippen LogP) is 2.01. The molecule has 1 fully saturated rings. The van der Waals surface area contributed by atoms with E-state index in [2.05, 4.69) is 27.7 Å². The van der Waals surface area contributed by atoms with Crippen LogP contribution in [0.3, 0.4) is 0 Å². The summed E-state index contributed by atoms with van der Waals surface area (Å²) >= 11 is 0. The molecule has 1 aliphatic heterocycles. The van der Waals surface area contributed by atoms with Crippen molar-refractivity contribution in [3.63, 3.8) is 0 Å². The maximum atomic E-state index is 12.0. The van der Waals surface area contributed by atoms with Crippen LogP contribution < -0.4 is 5.73 Å². The first kappa shape index (κ1) is 13.5. The molecule has 1 rings (SSSR count). The molecule has 0 radical (unpaired) electrons. The molecule has 1 heterocycles. The van der Waals surface area contributed by atoms with Crippen molar-refractivity contribution < 1.29 is 4.79 Å². The summed E-state index contributed by atoms with van der Waals surface area (Å²) < 4.78 is 0. The fourth-order valence-electron chi connectivity index (χ4n) is 2.04. The van der Waals surface area contributed by atoms with E-state index in [9.17, 15) is 4.79 Å². The van der Waals surface area contributed by atoms with E-state index in [1.54, 1.807) is 0 Å². The van der Waals surface area contributed by atoms with Crippen molar-refractivity contribution in [1.29, 1.82) is 0 Å². The zero-order valence-corrected chi connectivity index (χ0v) is 11.1. The first-order chi connectivity index (χ1) is 7.30. The Morgan fingerprint density at radius 3 is 2.62 bits per heavy atom. The van der Waals surface area contributed by atoms with Gasteiger partial charge in [0.25, 0.3) is 0 Å². The molecule has 0 bridgehead atoms. The van der Waals surface area contributed by atoms with Gasteiger partial charge in [0.1, 0.15) is 0 Å². The van der Waals surface area contributed by atoms with Crippen LogP contribution in [-0.4, -0.2) is 29.9 Å². The van der Waals surface area contributed by atoms with Crippen LogP contribution in [0.5, 0.6) is 0 Å². The molecule has 1 saturated heterocycles. The fraction of sp³-hybridized carbons (Fsp3) is 0.923. The van der Waals surface area contributed by atoms with Crippen LogP contribution in [0.15, 0.2) is 0 Å². The van der Waals surface area contributed by atoms with Crippen LogP contribution in [0, 0.1) is 11.3 Å². The smallest absolute Gasteiger partial charge is 0.224 e. The number of likely N-dealkylation sites (tertiary alicyclic amines) is 1. The summed E-state index contributed by atoms with van der Waals surface area (Å²) in [6.45, 7) is 10.3. The molecule has 0 aromatic rings. The molecule has 0 saturated carbocycles. The number of carbonyl (C=O) groups excluding carboxylic acids is 1. The highest BCUT2D eigenvalue weighted by Crippen LogP contribution is 2.22. The second-order valence-electron chi connectivity index (χ2n) is 6.26. The number of nitrogens with two attached hydrogens (primary N) is 1. The molecular weight excluding hydrogens is 200 g/mol. The Balaban J connectivity index is 2.46. The Morgan fingerprint density at radius 2 is 2.12 bits per heavy atom. The van der Waals surface area contributed by atoms with E-state index in [0.717, 1.165) is 19.5 Å². The molecule has 2 unspecified atom stereocenters. The SMILES string of the molecule is CC1CCCN(C(=O)CC(N)C(C)(C)C)C1. The van der Waals surface area contributed by atoms with Gasteiger partial charge in [0.05, 0.1) is 0 Å². The van der Waals surface area contributed by atoms with E-state index in [4.69, 9.17) is 5.73 Å². The van der Waals surface area contributed by atoms with Gasteiger partial charge in [-0.1, -0.05) is 27.7 Å². The molecule has 94 valence electrons. The van der Waals surface area contributed by atoms with Crippen LogP contribution in [0.2, 0.25) is 0 Å². The number of nitrogens with zero attached hydrogens (tertiary/aromatic N) is 1. The number of piperidine rings is 1. The first-order valence-electron chi connectivity index (χ1n) is 6.34. The summed E-state index contributed by atoms with van der Waals surface area (Å²) in [5.41, 5.74) is 6.06. The minimum absolute atomic E-state index is 0.0110. The standard InChI is InChI=1S/C13H26N2O/c1-10-6-5-7-15(9-10)12(16)8-11(14)13(2,3)4/h10-11H,5-9,14H2,1-4H3. The van der Waals surface area contributed by atoms with E-state index in [0.29, 0.717) is 12.3 Å². The first-order valence-corrected chi connectivity index (χ1v) is 6.34. The molecule has 0 aromatic heterocycles. The third-order valence-electron chi connectivity index (χ3n) is 3.52. The molecule has 2 N–H and O–H groups in total. The Bertz CT molecular complexity index is 245. The topological polar surface area (TPSA) is 46.3 Å². The molecule has 1 aliphatic rings. The van der Waals surface area contributed by atoms with E-state index in [1.165, 1.54) is 6.42 Å². The monoisotopic (exact) mass is 226 g/mol. The van der Waals surface area contributed by atoms with Crippen molar-refractivity contribution >= 4 is 5.91 Å². The van der Waals surface area contributed by atoms with Gasteiger partial charge < -0.3 is 10.6 Å². The lowest BCUT2D eigenvalue weighted by molar-refractivity contribution is -0.133. The fourth-order valence-corrected chi connectivity index (χ4v) is 2.04. The molecule has 2 atom stereocenters. The van der Waals surface area contributed by atoms with Crippen molar-refractivity contribution in [2.45, 2.75) is 53.0 Å². The third-order valence-corrected chi connectivity index (χ3v) is 3.52. The van der Waals surface area contributed by atoms with Crippen LogP contribution in [0.4, 0.5) is 0 Å².